The predicted octanol–water partition coefficient (Wildman–Crippen LogP) is 3.23. The largest absolute Gasteiger partial charge is 0.350 e. The van der Waals surface area contributed by atoms with Crippen LogP contribution in [0.1, 0.15) is 15.9 Å². The normalized spacial score (nSPS) is 10.4. The van der Waals surface area contributed by atoms with Crippen LogP contribution in [0.5, 0.6) is 0 Å². The van der Waals surface area contributed by atoms with Crippen molar-refractivity contribution in [3.63, 3.8) is 0 Å². The number of hydrogen-bond donors (Lipinski definition) is 2. The monoisotopic (exact) mass is 402 g/mol. The second kappa shape index (κ2) is 8.70. The topological polar surface area (TPSA) is 76.0 Å². The Morgan fingerprint density at radius 1 is 1.04 bits per heavy atom. The Kier molecular flexibility index (Phi) is 6.11. The summed E-state index contributed by atoms with van der Waals surface area (Å²) in [5.74, 6) is -0.757. The van der Waals surface area contributed by atoms with Gasteiger partial charge in [0.25, 0.3) is 5.91 Å². The van der Waals surface area contributed by atoms with Crippen molar-refractivity contribution in [3.8, 4) is 5.69 Å². The van der Waals surface area contributed by atoms with Crippen molar-refractivity contribution in [3.05, 3.63) is 82.1 Å². The highest BCUT2D eigenvalue weighted by molar-refractivity contribution is 6.36. The first-order chi connectivity index (χ1) is 13.0. The minimum absolute atomic E-state index is 0.165. The standard InChI is InChI=1S/C19H16Cl2N4O2/c20-14-6-7-15(16(21)10-14)19(27)23-12-18(26)22-11-13-4-1-2-5-17(13)25-9-3-8-24-25/h1-10H,11-12H2,(H,22,26)(H,23,27). The zero-order valence-electron chi connectivity index (χ0n) is 14.2. The molecule has 0 aliphatic rings. The summed E-state index contributed by atoms with van der Waals surface area (Å²) in [6.07, 6.45) is 3.52. The summed E-state index contributed by atoms with van der Waals surface area (Å²) in [5.41, 5.74) is 2.04. The zero-order chi connectivity index (χ0) is 19.2. The number of para-hydroxylation sites is 1. The lowest BCUT2D eigenvalue weighted by molar-refractivity contribution is -0.120. The van der Waals surface area contributed by atoms with Gasteiger partial charge < -0.3 is 10.6 Å². The first kappa shape index (κ1) is 18.9. The Balaban J connectivity index is 1.56. The van der Waals surface area contributed by atoms with E-state index in [2.05, 4.69) is 15.7 Å². The second-order valence-corrected chi connectivity index (χ2v) is 6.51. The maximum atomic E-state index is 12.1. The van der Waals surface area contributed by atoms with Gasteiger partial charge in [0, 0.05) is 24.0 Å². The first-order valence-electron chi connectivity index (χ1n) is 8.12. The van der Waals surface area contributed by atoms with E-state index in [-0.39, 0.29) is 23.0 Å². The van der Waals surface area contributed by atoms with Crippen molar-refractivity contribution in [2.45, 2.75) is 6.54 Å². The molecule has 8 heteroatoms. The average Bonchev–Trinajstić information content (AvgIpc) is 3.19. The highest BCUT2D eigenvalue weighted by atomic mass is 35.5. The molecule has 0 aliphatic heterocycles. The number of amides is 2. The maximum Gasteiger partial charge on any atom is 0.253 e. The predicted molar refractivity (Wildman–Crippen MR) is 104 cm³/mol. The lowest BCUT2D eigenvalue weighted by Gasteiger charge is -2.11. The number of aromatic nitrogens is 2. The van der Waals surface area contributed by atoms with E-state index >= 15 is 0 Å². The van der Waals surface area contributed by atoms with E-state index in [1.807, 2.05) is 36.5 Å². The van der Waals surface area contributed by atoms with Crippen molar-refractivity contribution >= 4 is 35.0 Å². The number of carbonyl (C=O) groups excluding carboxylic acids is 2. The van der Waals surface area contributed by atoms with Crippen LogP contribution in [0.2, 0.25) is 10.0 Å². The average molecular weight is 403 g/mol. The van der Waals surface area contributed by atoms with Crippen molar-refractivity contribution in [1.29, 1.82) is 0 Å². The van der Waals surface area contributed by atoms with Gasteiger partial charge in [0.1, 0.15) is 0 Å². The summed E-state index contributed by atoms with van der Waals surface area (Å²) in [6.45, 7) is 0.147. The number of halogens is 2. The van der Waals surface area contributed by atoms with Crippen LogP contribution in [0.15, 0.2) is 60.9 Å². The second-order valence-electron chi connectivity index (χ2n) is 5.66. The Morgan fingerprint density at radius 3 is 2.59 bits per heavy atom. The van der Waals surface area contributed by atoms with Crippen LogP contribution < -0.4 is 10.6 Å². The van der Waals surface area contributed by atoms with Crippen LogP contribution in [-0.2, 0) is 11.3 Å². The fourth-order valence-corrected chi connectivity index (χ4v) is 2.98. The fourth-order valence-electron chi connectivity index (χ4n) is 2.48. The maximum absolute atomic E-state index is 12.1. The summed E-state index contributed by atoms with van der Waals surface area (Å²) >= 11 is 11.8. The summed E-state index contributed by atoms with van der Waals surface area (Å²) in [5, 5.41) is 10.2. The van der Waals surface area contributed by atoms with Crippen LogP contribution in [0.3, 0.4) is 0 Å². The van der Waals surface area contributed by atoms with Crippen LogP contribution in [0.4, 0.5) is 0 Å². The number of carbonyl (C=O) groups is 2. The van der Waals surface area contributed by atoms with Gasteiger partial charge in [0.15, 0.2) is 0 Å². The number of rotatable bonds is 6. The molecule has 0 fully saturated rings. The number of nitrogens with zero attached hydrogens (tertiary/aromatic N) is 2. The van der Waals surface area contributed by atoms with E-state index in [4.69, 9.17) is 23.2 Å². The molecule has 0 saturated heterocycles. The SMILES string of the molecule is O=C(CNC(=O)c1ccc(Cl)cc1Cl)NCc1ccccc1-n1cccn1. The van der Waals surface area contributed by atoms with Crippen molar-refractivity contribution < 1.29 is 9.59 Å². The molecule has 1 aromatic heterocycles. The summed E-state index contributed by atoms with van der Waals surface area (Å²) in [7, 11) is 0. The lowest BCUT2D eigenvalue weighted by atomic mass is 10.2. The van der Waals surface area contributed by atoms with E-state index in [0.29, 0.717) is 11.6 Å². The van der Waals surface area contributed by atoms with Gasteiger partial charge in [0.2, 0.25) is 5.91 Å². The molecule has 0 saturated carbocycles. The lowest BCUT2D eigenvalue weighted by Crippen LogP contribution is -2.36. The highest BCUT2D eigenvalue weighted by Gasteiger charge is 2.12. The van der Waals surface area contributed by atoms with Crippen LogP contribution in [0.25, 0.3) is 5.69 Å². The molecule has 6 nitrogen and oxygen atoms in total. The molecule has 1 heterocycles. The van der Waals surface area contributed by atoms with Gasteiger partial charge >= 0.3 is 0 Å². The van der Waals surface area contributed by atoms with Gasteiger partial charge in [-0.15, -0.1) is 0 Å². The third-order valence-electron chi connectivity index (χ3n) is 3.80. The zero-order valence-corrected chi connectivity index (χ0v) is 15.7. The third-order valence-corrected chi connectivity index (χ3v) is 4.35. The van der Waals surface area contributed by atoms with Crippen molar-refractivity contribution in [2.75, 3.05) is 6.54 Å². The van der Waals surface area contributed by atoms with Crippen LogP contribution in [-0.4, -0.2) is 28.1 Å². The minimum atomic E-state index is -0.441. The Morgan fingerprint density at radius 2 is 1.85 bits per heavy atom. The summed E-state index contributed by atoms with van der Waals surface area (Å²) < 4.78 is 1.73. The molecule has 2 amide bonds. The van der Waals surface area contributed by atoms with Gasteiger partial charge in [-0.2, -0.15) is 5.10 Å². The summed E-state index contributed by atoms with van der Waals surface area (Å²) in [6, 6.07) is 14.0. The van der Waals surface area contributed by atoms with Gasteiger partial charge in [-0.3, -0.25) is 9.59 Å². The molecule has 3 rings (SSSR count). The van der Waals surface area contributed by atoms with Crippen molar-refractivity contribution in [2.24, 2.45) is 0 Å². The molecular formula is C19H16Cl2N4O2. The number of nitrogens with one attached hydrogen (secondary N) is 2. The summed E-state index contributed by atoms with van der Waals surface area (Å²) in [4.78, 5) is 24.2. The van der Waals surface area contributed by atoms with Crippen LogP contribution >= 0.6 is 23.2 Å². The molecule has 0 radical (unpaired) electrons. The Bertz CT molecular complexity index is 958. The Labute approximate surface area is 166 Å². The van der Waals surface area contributed by atoms with Crippen molar-refractivity contribution in [1.82, 2.24) is 20.4 Å². The fraction of sp³-hybridized carbons (Fsp3) is 0.105. The molecule has 0 bridgehead atoms. The number of benzene rings is 2. The van der Waals surface area contributed by atoms with E-state index in [1.165, 1.54) is 12.1 Å². The van der Waals surface area contributed by atoms with Crippen LogP contribution in [0, 0.1) is 0 Å². The van der Waals surface area contributed by atoms with Gasteiger partial charge in [-0.25, -0.2) is 4.68 Å². The van der Waals surface area contributed by atoms with E-state index in [9.17, 15) is 9.59 Å². The number of hydrogen-bond acceptors (Lipinski definition) is 3. The Hall–Kier alpha value is -2.83. The van der Waals surface area contributed by atoms with Gasteiger partial charge in [-0.05, 0) is 35.9 Å². The molecule has 138 valence electrons. The van der Waals surface area contributed by atoms with E-state index in [0.717, 1.165) is 11.3 Å². The van der Waals surface area contributed by atoms with E-state index < -0.39 is 5.91 Å². The van der Waals surface area contributed by atoms with Gasteiger partial charge in [-0.1, -0.05) is 41.4 Å². The molecule has 3 aromatic rings. The van der Waals surface area contributed by atoms with Gasteiger partial charge in [0.05, 0.1) is 22.8 Å². The smallest absolute Gasteiger partial charge is 0.253 e. The minimum Gasteiger partial charge on any atom is -0.350 e. The molecule has 2 aromatic carbocycles. The first-order valence-corrected chi connectivity index (χ1v) is 8.88. The molecule has 0 atom stereocenters. The molecule has 27 heavy (non-hydrogen) atoms. The van der Waals surface area contributed by atoms with E-state index in [1.54, 1.807) is 16.9 Å². The molecule has 2 N–H and O–H groups in total. The highest BCUT2D eigenvalue weighted by Crippen LogP contribution is 2.20. The molecule has 0 aliphatic carbocycles. The molecule has 0 spiro atoms. The third kappa shape index (κ3) is 4.87. The molecular weight excluding hydrogens is 387 g/mol. The quantitative estimate of drug-likeness (QED) is 0.664. The molecule has 0 unspecified atom stereocenters.